The maximum atomic E-state index is 12.4. The predicted octanol–water partition coefficient (Wildman–Crippen LogP) is 6.97. The summed E-state index contributed by atoms with van der Waals surface area (Å²) in [4.78, 5) is 31.9. The quantitative estimate of drug-likeness (QED) is 0.235. The maximum absolute atomic E-state index is 12.4. The molecule has 6 rings (SSSR count). The number of hydrogen-bond acceptors (Lipinski definition) is 9. The second kappa shape index (κ2) is 12.5. The van der Waals surface area contributed by atoms with E-state index in [0.29, 0.717) is 36.8 Å². The molecule has 9 nitrogen and oxygen atoms in total. The van der Waals surface area contributed by atoms with Gasteiger partial charge in [-0.25, -0.2) is 19.7 Å². The molecule has 2 aromatic carbocycles. The van der Waals surface area contributed by atoms with Gasteiger partial charge in [-0.1, -0.05) is 24.3 Å². The molecule has 0 bridgehead atoms. The number of carbonyl (C=O) groups excluding carboxylic acids is 1. The van der Waals surface area contributed by atoms with Gasteiger partial charge in [0.25, 0.3) is 0 Å². The van der Waals surface area contributed by atoms with Gasteiger partial charge >= 0.3 is 6.09 Å². The van der Waals surface area contributed by atoms with Crippen LogP contribution in [0.2, 0.25) is 0 Å². The molecule has 2 saturated heterocycles. The first-order chi connectivity index (χ1) is 20.7. The minimum absolute atomic E-state index is 0.223. The second-order valence-corrected chi connectivity index (χ2v) is 13.4. The molecule has 4 aromatic rings. The van der Waals surface area contributed by atoms with Crippen LogP contribution in [0.15, 0.2) is 54.0 Å². The summed E-state index contributed by atoms with van der Waals surface area (Å²) in [5.74, 6) is 1.39. The summed E-state index contributed by atoms with van der Waals surface area (Å²) in [6.07, 6.45) is 4.04. The molecule has 2 aromatic heterocycles. The van der Waals surface area contributed by atoms with Crippen LogP contribution in [0.1, 0.15) is 58.9 Å². The van der Waals surface area contributed by atoms with E-state index in [1.165, 1.54) is 35.4 Å². The highest BCUT2D eigenvalue weighted by Crippen LogP contribution is 2.32. The van der Waals surface area contributed by atoms with Gasteiger partial charge in [-0.2, -0.15) is 0 Å². The molecule has 2 fully saturated rings. The Hall–Kier alpha value is -3.76. The lowest BCUT2D eigenvalue weighted by molar-refractivity contribution is 0.0198. The van der Waals surface area contributed by atoms with Gasteiger partial charge in [0, 0.05) is 55.2 Å². The molecule has 0 saturated carbocycles. The van der Waals surface area contributed by atoms with Crippen LogP contribution >= 0.6 is 11.3 Å². The molecule has 2 N–H and O–H groups in total. The molecule has 0 spiro atoms. The van der Waals surface area contributed by atoms with Crippen molar-refractivity contribution in [1.29, 1.82) is 0 Å². The number of piperidine rings is 1. The van der Waals surface area contributed by atoms with Crippen molar-refractivity contribution in [1.82, 2.24) is 25.2 Å². The minimum Gasteiger partial charge on any atom is -0.444 e. The number of thiazole rings is 1. The average molecular weight is 600 g/mol. The van der Waals surface area contributed by atoms with E-state index in [1.807, 2.05) is 31.2 Å². The molecule has 2 aliphatic heterocycles. The van der Waals surface area contributed by atoms with Crippen LogP contribution < -0.4 is 15.5 Å². The van der Waals surface area contributed by atoms with Gasteiger partial charge in [-0.05, 0) is 83.2 Å². The van der Waals surface area contributed by atoms with E-state index in [0.717, 1.165) is 47.5 Å². The normalized spacial score (nSPS) is 17.9. The number of amides is 1. The van der Waals surface area contributed by atoms with Crippen LogP contribution in [0.5, 0.6) is 0 Å². The van der Waals surface area contributed by atoms with Crippen molar-refractivity contribution in [2.75, 3.05) is 29.9 Å². The Morgan fingerprint density at radius 2 is 1.86 bits per heavy atom. The lowest BCUT2D eigenvalue weighted by Gasteiger charge is -2.33. The van der Waals surface area contributed by atoms with Crippen molar-refractivity contribution in [3.63, 3.8) is 0 Å². The highest BCUT2D eigenvalue weighted by Gasteiger charge is 2.27. The molecule has 4 heterocycles. The van der Waals surface area contributed by atoms with Crippen LogP contribution in [0.4, 0.5) is 22.0 Å². The van der Waals surface area contributed by atoms with Gasteiger partial charge in [0.2, 0.25) is 0 Å². The van der Waals surface area contributed by atoms with Gasteiger partial charge in [0.15, 0.2) is 11.6 Å². The number of carbonyl (C=O) groups is 1. The van der Waals surface area contributed by atoms with Gasteiger partial charge in [-0.15, -0.1) is 11.3 Å². The molecule has 2 aliphatic rings. The molecular weight excluding hydrogens is 558 g/mol. The largest absolute Gasteiger partial charge is 0.444 e. The molecular formula is C33H41N7O2S. The number of nitrogens with zero attached hydrogens (tertiary/aromatic N) is 5. The average Bonchev–Trinajstić information content (AvgIpc) is 3.65. The van der Waals surface area contributed by atoms with Crippen molar-refractivity contribution in [2.24, 2.45) is 0 Å². The Labute approximate surface area is 257 Å². The van der Waals surface area contributed by atoms with E-state index in [1.54, 1.807) is 0 Å². The Balaban J connectivity index is 1.13. The molecule has 226 valence electrons. The summed E-state index contributed by atoms with van der Waals surface area (Å²) >= 11 is 1.52. The molecule has 0 aliphatic carbocycles. The van der Waals surface area contributed by atoms with E-state index in [4.69, 9.17) is 14.7 Å². The number of benzene rings is 2. The predicted molar refractivity (Wildman–Crippen MR) is 174 cm³/mol. The zero-order valence-corrected chi connectivity index (χ0v) is 26.3. The first kappa shape index (κ1) is 29.3. The highest BCUT2D eigenvalue weighted by atomic mass is 32.1. The first-order valence-electron chi connectivity index (χ1n) is 15.3. The van der Waals surface area contributed by atoms with Crippen molar-refractivity contribution in [2.45, 2.75) is 77.6 Å². The Morgan fingerprint density at radius 1 is 1.05 bits per heavy atom. The Bertz CT molecular complexity index is 1580. The molecule has 10 heteroatoms. The third-order valence-electron chi connectivity index (χ3n) is 8.12. The van der Waals surface area contributed by atoms with E-state index in [2.05, 4.69) is 76.0 Å². The molecule has 0 radical (unpaired) electrons. The minimum atomic E-state index is -0.473. The zero-order valence-electron chi connectivity index (χ0n) is 25.5. The highest BCUT2D eigenvalue weighted by molar-refractivity contribution is 7.16. The molecule has 43 heavy (non-hydrogen) atoms. The van der Waals surface area contributed by atoms with E-state index in [-0.39, 0.29) is 6.09 Å². The van der Waals surface area contributed by atoms with Crippen LogP contribution in [-0.4, -0.2) is 63.3 Å². The lowest BCUT2D eigenvalue weighted by atomic mass is 10.0. The SMILES string of the molecule is C[C@H]1CCCN1c1cccc(Nc2nc(-c3cccc(CNC4CCN(C(=O)OC(C)(C)C)CC4)c3)nc3scnc23)c1. The van der Waals surface area contributed by atoms with Crippen molar-refractivity contribution < 1.29 is 9.53 Å². The van der Waals surface area contributed by atoms with E-state index in [9.17, 15) is 4.79 Å². The van der Waals surface area contributed by atoms with Crippen LogP contribution in [-0.2, 0) is 11.3 Å². The number of nitrogens with one attached hydrogen (secondary N) is 2. The fraction of sp³-hybridized carbons (Fsp3) is 0.455. The summed E-state index contributed by atoms with van der Waals surface area (Å²) in [6, 6.07) is 17.9. The Morgan fingerprint density at radius 3 is 2.63 bits per heavy atom. The summed E-state index contributed by atoms with van der Waals surface area (Å²) in [6.45, 7) is 11.2. The third-order valence-corrected chi connectivity index (χ3v) is 8.84. The van der Waals surface area contributed by atoms with E-state index >= 15 is 0 Å². The van der Waals surface area contributed by atoms with Crippen molar-refractivity contribution in [3.8, 4) is 11.4 Å². The Kier molecular flexibility index (Phi) is 8.50. The number of likely N-dealkylation sites (tertiary alicyclic amines) is 1. The molecule has 1 amide bonds. The first-order valence-corrected chi connectivity index (χ1v) is 16.2. The monoisotopic (exact) mass is 599 g/mol. The van der Waals surface area contributed by atoms with Crippen molar-refractivity contribution in [3.05, 3.63) is 59.6 Å². The summed E-state index contributed by atoms with van der Waals surface area (Å²) in [7, 11) is 0. The van der Waals surface area contributed by atoms with Crippen LogP contribution in [0.25, 0.3) is 21.7 Å². The van der Waals surface area contributed by atoms with Crippen molar-refractivity contribution >= 4 is 45.0 Å². The number of ether oxygens (including phenoxy) is 1. The third kappa shape index (κ3) is 7.08. The number of hydrogen-bond donors (Lipinski definition) is 2. The lowest BCUT2D eigenvalue weighted by Crippen LogP contribution is -2.46. The molecule has 0 unspecified atom stereocenters. The smallest absolute Gasteiger partial charge is 0.410 e. The number of aromatic nitrogens is 3. The fourth-order valence-corrected chi connectivity index (χ4v) is 6.53. The van der Waals surface area contributed by atoms with Gasteiger partial charge < -0.3 is 25.2 Å². The summed E-state index contributed by atoms with van der Waals surface area (Å²) in [5, 5.41) is 7.23. The van der Waals surface area contributed by atoms with Crippen LogP contribution in [0.3, 0.4) is 0 Å². The number of fused-ring (bicyclic) bond motifs is 1. The second-order valence-electron chi connectivity index (χ2n) is 12.6. The van der Waals surface area contributed by atoms with Gasteiger partial charge in [0.1, 0.15) is 15.9 Å². The standard InChI is InChI=1S/C33H41N7O2S/c1-22-8-7-15-40(22)27-12-6-11-26(19-27)36-30-28-31(43-21-35-28)38-29(37-30)24-10-5-9-23(18-24)20-34-25-13-16-39(17-14-25)32(41)42-33(2,3)4/h5-6,9-12,18-19,21-22,25,34H,7-8,13-17,20H2,1-4H3,(H,36,37,38)/t22-/m0/s1. The fourth-order valence-electron chi connectivity index (χ4n) is 5.87. The number of rotatable bonds is 7. The molecule has 1 atom stereocenters. The summed E-state index contributed by atoms with van der Waals surface area (Å²) in [5.41, 5.74) is 6.49. The topological polar surface area (TPSA) is 95.5 Å². The zero-order chi connectivity index (χ0) is 30.0. The number of anilines is 3. The summed E-state index contributed by atoms with van der Waals surface area (Å²) < 4.78 is 5.54. The van der Waals surface area contributed by atoms with Gasteiger partial charge in [0.05, 0.1) is 5.51 Å². The maximum Gasteiger partial charge on any atom is 0.410 e. The van der Waals surface area contributed by atoms with Gasteiger partial charge in [-0.3, -0.25) is 0 Å². The van der Waals surface area contributed by atoms with Crippen LogP contribution in [0, 0.1) is 0 Å². The van der Waals surface area contributed by atoms with E-state index < -0.39 is 5.60 Å².